The second-order valence-corrected chi connectivity index (χ2v) is 10.6. The van der Waals surface area contributed by atoms with Crippen molar-refractivity contribution in [3.63, 3.8) is 0 Å². The van der Waals surface area contributed by atoms with Gasteiger partial charge >= 0.3 is 18.4 Å². The molecule has 0 aromatic heterocycles. The van der Waals surface area contributed by atoms with Crippen molar-refractivity contribution in [2.24, 2.45) is 0 Å². The smallest absolute Gasteiger partial charge is 0.426 e. The third-order valence-electron chi connectivity index (χ3n) is 5.34. The Labute approximate surface area is 205 Å². The van der Waals surface area contributed by atoms with Crippen LogP contribution in [-0.4, -0.2) is 57.1 Å². The summed E-state index contributed by atoms with van der Waals surface area (Å²) in [6.07, 6.45) is -14.1. The molecule has 0 bridgehead atoms. The molecular formula is C21H18ClF7N2O4S. The van der Waals surface area contributed by atoms with Crippen LogP contribution in [0.15, 0.2) is 42.5 Å². The molecule has 1 fully saturated rings. The van der Waals surface area contributed by atoms with Crippen molar-refractivity contribution >= 4 is 33.2 Å². The van der Waals surface area contributed by atoms with Gasteiger partial charge in [0.25, 0.3) is 0 Å². The van der Waals surface area contributed by atoms with Gasteiger partial charge in [-0.15, -0.1) is 0 Å². The summed E-state index contributed by atoms with van der Waals surface area (Å²) in [7, 11) is -3.97. The number of nitrogens with zero attached hydrogens (tertiary/aromatic N) is 1. The Bertz CT molecular complexity index is 1220. The van der Waals surface area contributed by atoms with Crippen molar-refractivity contribution in [3.05, 3.63) is 64.4 Å². The highest BCUT2D eigenvalue weighted by atomic mass is 35.5. The lowest BCUT2D eigenvalue weighted by Gasteiger charge is -2.35. The average Bonchev–Trinajstić information content (AvgIpc) is 2.75. The Balaban J connectivity index is 1.75. The van der Waals surface area contributed by atoms with Crippen LogP contribution in [0.2, 0.25) is 5.02 Å². The monoisotopic (exact) mass is 562 g/mol. The molecule has 1 N–H and O–H groups in total. The number of amides is 1. The van der Waals surface area contributed by atoms with Gasteiger partial charge in [-0.2, -0.15) is 26.3 Å². The number of alkyl halides is 6. The fourth-order valence-corrected chi connectivity index (χ4v) is 5.44. The molecule has 1 aliphatic rings. The van der Waals surface area contributed by atoms with Crippen LogP contribution >= 0.6 is 11.6 Å². The molecule has 15 heteroatoms. The van der Waals surface area contributed by atoms with Crippen LogP contribution in [0.4, 0.5) is 41.2 Å². The van der Waals surface area contributed by atoms with E-state index in [-0.39, 0.29) is 22.8 Å². The summed E-state index contributed by atoms with van der Waals surface area (Å²) < 4.78 is 123. The second kappa shape index (κ2) is 10.4. The summed E-state index contributed by atoms with van der Waals surface area (Å²) in [4.78, 5) is 13.1. The minimum atomic E-state index is -5.06. The Kier molecular flexibility index (Phi) is 8.10. The van der Waals surface area contributed by atoms with Gasteiger partial charge in [0.15, 0.2) is 9.84 Å². The standard InChI is InChI=1S/C21H18ClF7N2O4S/c22-15-5-4-14(9-16(15)23)30-19(32)35-18(21(27,28)29)11-31-6-7-36(33,34)17(10-31)12-2-1-3-13(8-12)20(24,25)26/h1-5,8-9,17-18H,6-7,10-11H2,(H,30,32)/t17-,18-/m0/s1. The molecule has 3 rings (SSSR count). The van der Waals surface area contributed by atoms with Crippen LogP contribution in [0.1, 0.15) is 16.4 Å². The largest absolute Gasteiger partial charge is 0.435 e. The highest BCUT2D eigenvalue weighted by molar-refractivity contribution is 7.91. The number of rotatable bonds is 5. The van der Waals surface area contributed by atoms with Gasteiger partial charge in [-0.05, 0) is 29.8 Å². The lowest BCUT2D eigenvalue weighted by molar-refractivity contribution is -0.206. The number of ether oxygens (including phenoxy) is 1. The predicted octanol–water partition coefficient (Wildman–Crippen LogP) is 5.45. The fourth-order valence-electron chi connectivity index (χ4n) is 3.52. The number of anilines is 1. The first-order valence-electron chi connectivity index (χ1n) is 10.2. The van der Waals surface area contributed by atoms with Crippen molar-refractivity contribution in [2.75, 3.05) is 30.7 Å². The van der Waals surface area contributed by atoms with Crippen LogP contribution in [-0.2, 0) is 20.8 Å². The molecule has 1 amide bonds. The first kappa shape index (κ1) is 28.0. The molecule has 2 aromatic carbocycles. The number of carbonyl (C=O) groups is 1. The highest BCUT2D eigenvalue weighted by Gasteiger charge is 2.46. The molecule has 36 heavy (non-hydrogen) atoms. The number of halogens is 8. The number of hydrogen-bond acceptors (Lipinski definition) is 5. The Morgan fingerprint density at radius 2 is 1.83 bits per heavy atom. The zero-order chi connectivity index (χ0) is 26.9. The SMILES string of the molecule is O=C(Nc1ccc(Cl)c(F)c1)O[C@@H](CN1CCS(=O)(=O)[C@H](c2cccc(C(F)(F)F)c2)C1)C(F)(F)F. The third kappa shape index (κ3) is 7.01. The van der Waals surface area contributed by atoms with Gasteiger partial charge in [0.2, 0.25) is 6.10 Å². The number of nitrogens with one attached hydrogen (secondary N) is 1. The molecule has 0 unspecified atom stereocenters. The molecule has 0 saturated carbocycles. The van der Waals surface area contributed by atoms with Gasteiger partial charge in [0.05, 0.1) is 21.6 Å². The van der Waals surface area contributed by atoms with E-state index in [1.165, 1.54) is 0 Å². The summed E-state index contributed by atoms with van der Waals surface area (Å²) in [6, 6.07) is 6.51. The van der Waals surface area contributed by atoms with Crippen LogP contribution in [0, 0.1) is 5.82 Å². The Morgan fingerprint density at radius 1 is 1.14 bits per heavy atom. The van der Waals surface area contributed by atoms with E-state index in [2.05, 4.69) is 4.74 Å². The molecule has 2 atom stereocenters. The van der Waals surface area contributed by atoms with E-state index in [0.29, 0.717) is 6.07 Å². The molecule has 0 aliphatic carbocycles. The van der Waals surface area contributed by atoms with Crippen molar-refractivity contribution in [3.8, 4) is 0 Å². The molecule has 0 spiro atoms. The van der Waals surface area contributed by atoms with Gasteiger partial charge < -0.3 is 4.74 Å². The maximum Gasteiger partial charge on any atom is 0.426 e. The number of benzene rings is 2. The molecule has 198 valence electrons. The summed E-state index contributed by atoms with van der Waals surface area (Å²) in [5.74, 6) is -1.55. The Morgan fingerprint density at radius 3 is 2.44 bits per heavy atom. The molecule has 6 nitrogen and oxygen atoms in total. The molecule has 2 aromatic rings. The van der Waals surface area contributed by atoms with E-state index < -0.39 is 69.9 Å². The lowest BCUT2D eigenvalue weighted by atomic mass is 10.1. The molecule has 1 heterocycles. The van der Waals surface area contributed by atoms with E-state index in [0.717, 1.165) is 41.3 Å². The van der Waals surface area contributed by atoms with E-state index in [4.69, 9.17) is 11.6 Å². The maximum atomic E-state index is 13.6. The number of carbonyl (C=O) groups excluding carboxylic acids is 1. The van der Waals surface area contributed by atoms with Crippen LogP contribution in [0.25, 0.3) is 0 Å². The van der Waals surface area contributed by atoms with E-state index in [1.54, 1.807) is 0 Å². The lowest BCUT2D eigenvalue weighted by Crippen LogP contribution is -2.50. The normalized spacial score (nSPS) is 19.5. The van der Waals surface area contributed by atoms with E-state index in [1.807, 2.05) is 5.32 Å². The molecule has 1 saturated heterocycles. The van der Waals surface area contributed by atoms with Gasteiger partial charge in [-0.25, -0.2) is 17.6 Å². The average molecular weight is 563 g/mol. The summed E-state index contributed by atoms with van der Waals surface area (Å²) >= 11 is 5.51. The van der Waals surface area contributed by atoms with Crippen LogP contribution in [0.3, 0.4) is 0 Å². The van der Waals surface area contributed by atoms with Crippen molar-refractivity contribution in [1.82, 2.24) is 4.90 Å². The van der Waals surface area contributed by atoms with E-state index in [9.17, 15) is 43.9 Å². The van der Waals surface area contributed by atoms with Gasteiger partial charge in [0, 0.05) is 25.3 Å². The molecule has 0 radical (unpaired) electrons. The van der Waals surface area contributed by atoms with Gasteiger partial charge in [-0.1, -0.05) is 29.8 Å². The summed E-state index contributed by atoms with van der Waals surface area (Å²) in [5, 5.41) is 0.137. The predicted molar refractivity (Wildman–Crippen MR) is 116 cm³/mol. The molecular weight excluding hydrogens is 545 g/mol. The summed E-state index contributed by atoms with van der Waals surface area (Å²) in [6.45, 7) is -1.89. The third-order valence-corrected chi connectivity index (χ3v) is 7.69. The summed E-state index contributed by atoms with van der Waals surface area (Å²) in [5.41, 5.74) is -1.54. The van der Waals surface area contributed by atoms with Crippen LogP contribution < -0.4 is 5.32 Å². The van der Waals surface area contributed by atoms with Crippen molar-refractivity contribution in [2.45, 2.75) is 23.7 Å². The fraction of sp³-hybridized carbons (Fsp3) is 0.381. The second-order valence-electron chi connectivity index (χ2n) is 7.93. The minimum Gasteiger partial charge on any atom is -0.435 e. The zero-order valence-corrected chi connectivity index (χ0v) is 19.6. The van der Waals surface area contributed by atoms with Crippen LogP contribution in [0.5, 0.6) is 0 Å². The Hall–Kier alpha value is -2.58. The number of hydrogen-bond donors (Lipinski definition) is 1. The van der Waals surface area contributed by atoms with Crippen molar-refractivity contribution in [1.29, 1.82) is 0 Å². The highest BCUT2D eigenvalue weighted by Crippen LogP contribution is 2.35. The quantitative estimate of drug-likeness (QED) is 0.491. The first-order valence-corrected chi connectivity index (χ1v) is 12.3. The number of sulfone groups is 1. The zero-order valence-electron chi connectivity index (χ0n) is 18.0. The minimum absolute atomic E-state index is 0.221. The van der Waals surface area contributed by atoms with Gasteiger partial charge in [-0.3, -0.25) is 10.2 Å². The van der Waals surface area contributed by atoms with E-state index >= 15 is 0 Å². The topological polar surface area (TPSA) is 75.7 Å². The maximum absolute atomic E-state index is 13.6. The van der Waals surface area contributed by atoms with Gasteiger partial charge in [0.1, 0.15) is 5.82 Å². The molecule has 1 aliphatic heterocycles. The van der Waals surface area contributed by atoms with Crippen molar-refractivity contribution < 1.29 is 48.7 Å². The first-order chi connectivity index (χ1) is 16.6.